The molecule has 0 unspecified atom stereocenters. The zero-order valence-electron chi connectivity index (χ0n) is 13.1. The Kier molecular flexibility index (Phi) is 4.18. The van der Waals surface area contributed by atoms with E-state index in [1.807, 2.05) is 0 Å². The third kappa shape index (κ3) is 2.94. The number of halogens is 1. The Hall–Kier alpha value is -2.23. The number of rotatable bonds is 7. The average Bonchev–Trinajstić information content (AvgIpc) is 3.15. The van der Waals surface area contributed by atoms with Gasteiger partial charge in [0.25, 0.3) is 5.60 Å². The topological polar surface area (TPSA) is 139 Å². The van der Waals surface area contributed by atoms with Crippen molar-refractivity contribution in [1.82, 2.24) is 0 Å². The first-order valence-corrected chi connectivity index (χ1v) is 7.66. The largest absolute Gasteiger partial charge is 0.479 e. The second kappa shape index (κ2) is 5.94. The maximum atomic E-state index is 14.0. The highest BCUT2D eigenvalue weighted by Crippen LogP contribution is 2.53. The van der Waals surface area contributed by atoms with E-state index in [-0.39, 0.29) is 6.42 Å². The fourth-order valence-corrected chi connectivity index (χ4v) is 2.99. The summed E-state index contributed by atoms with van der Waals surface area (Å²) in [6, 6.07) is 6.00. The molecule has 1 aromatic rings. The van der Waals surface area contributed by atoms with Gasteiger partial charge in [0.2, 0.25) is 0 Å². The number of anilines is 1. The van der Waals surface area contributed by atoms with Crippen LogP contribution in [0.4, 0.5) is 10.1 Å². The molecule has 1 aliphatic heterocycles. The maximum absolute atomic E-state index is 14.0. The van der Waals surface area contributed by atoms with Crippen molar-refractivity contribution in [3.05, 3.63) is 29.8 Å². The SMILES string of the molecule is Nc1ccc(CC(OC[C@H]2O[C@H]3C[C@]3(F)[C@@H]2O)(C(=O)O)C(=O)O)cc1. The molecule has 2 aliphatic rings. The molecule has 1 heterocycles. The molecule has 9 heteroatoms. The molecule has 5 N–H and O–H groups in total. The standard InChI is InChI=1S/C16H18FNO7/c17-15-6-11(15)25-10(12(15)19)7-24-16(13(20)21,14(22)23)5-8-1-3-9(18)4-2-8/h1-4,10-12,19H,5-7,18H2,(H,20,21)(H,22,23)/t10-,11+,12-,15-/m1/s1. The molecule has 4 atom stereocenters. The van der Waals surface area contributed by atoms with Gasteiger partial charge < -0.3 is 30.5 Å². The lowest BCUT2D eigenvalue weighted by atomic mass is 9.94. The zero-order valence-corrected chi connectivity index (χ0v) is 13.1. The molecule has 1 aromatic carbocycles. The second-order valence-corrected chi connectivity index (χ2v) is 6.41. The van der Waals surface area contributed by atoms with Crippen molar-refractivity contribution in [3.8, 4) is 0 Å². The summed E-state index contributed by atoms with van der Waals surface area (Å²) in [5, 5.41) is 28.8. The monoisotopic (exact) mass is 355 g/mol. The van der Waals surface area contributed by atoms with Crippen LogP contribution in [0.2, 0.25) is 0 Å². The summed E-state index contributed by atoms with van der Waals surface area (Å²) >= 11 is 0. The molecule has 0 aromatic heterocycles. The van der Waals surface area contributed by atoms with E-state index in [1.54, 1.807) is 0 Å². The lowest BCUT2D eigenvalue weighted by Gasteiger charge is -2.28. The molecule has 1 saturated heterocycles. The number of nitrogen functional groups attached to an aromatic ring is 1. The number of carbonyl (C=O) groups is 2. The number of carboxylic acid groups (broad SMARTS) is 2. The van der Waals surface area contributed by atoms with Gasteiger partial charge in [-0.2, -0.15) is 0 Å². The van der Waals surface area contributed by atoms with E-state index in [0.717, 1.165) is 0 Å². The number of hydrogen-bond donors (Lipinski definition) is 4. The number of aliphatic carboxylic acids is 2. The van der Waals surface area contributed by atoms with Gasteiger partial charge in [-0.15, -0.1) is 0 Å². The maximum Gasteiger partial charge on any atom is 0.348 e. The summed E-state index contributed by atoms with van der Waals surface area (Å²) in [6.45, 7) is -0.559. The van der Waals surface area contributed by atoms with Crippen LogP contribution in [0.1, 0.15) is 12.0 Å². The summed E-state index contributed by atoms with van der Waals surface area (Å²) in [5.41, 5.74) is 1.94. The van der Waals surface area contributed by atoms with Crippen molar-refractivity contribution in [2.24, 2.45) is 0 Å². The molecule has 3 rings (SSSR count). The van der Waals surface area contributed by atoms with Crippen LogP contribution in [0.5, 0.6) is 0 Å². The molecule has 0 bridgehead atoms. The first kappa shape index (κ1) is 17.6. The van der Waals surface area contributed by atoms with E-state index in [9.17, 15) is 29.3 Å². The number of ether oxygens (including phenoxy) is 2. The number of fused-ring (bicyclic) bond motifs is 1. The van der Waals surface area contributed by atoms with Gasteiger partial charge in [0.05, 0.1) is 12.7 Å². The lowest BCUT2D eigenvalue weighted by Crippen LogP contribution is -2.53. The fourth-order valence-electron chi connectivity index (χ4n) is 2.99. The Morgan fingerprint density at radius 3 is 2.40 bits per heavy atom. The molecular weight excluding hydrogens is 337 g/mol. The van der Waals surface area contributed by atoms with Gasteiger partial charge in [-0.3, -0.25) is 0 Å². The predicted molar refractivity (Wildman–Crippen MR) is 81.6 cm³/mol. The Morgan fingerprint density at radius 1 is 1.32 bits per heavy atom. The van der Waals surface area contributed by atoms with Crippen LogP contribution in [0.3, 0.4) is 0 Å². The smallest absolute Gasteiger partial charge is 0.348 e. The van der Waals surface area contributed by atoms with Gasteiger partial charge >= 0.3 is 11.9 Å². The molecule has 25 heavy (non-hydrogen) atoms. The van der Waals surface area contributed by atoms with Crippen LogP contribution in [0.25, 0.3) is 0 Å². The van der Waals surface area contributed by atoms with Crippen molar-refractivity contribution in [3.63, 3.8) is 0 Å². The lowest BCUT2D eigenvalue weighted by molar-refractivity contribution is -0.189. The van der Waals surface area contributed by atoms with Crippen LogP contribution in [-0.2, 0) is 25.5 Å². The highest BCUT2D eigenvalue weighted by molar-refractivity contribution is 6.02. The van der Waals surface area contributed by atoms with Crippen LogP contribution in [0.15, 0.2) is 24.3 Å². The molecule has 8 nitrogen and oxygen atoms in total. The van der Waals surface area contributed by atoms with E-state index in [0.29, 0.717) is 11.3 Å². The van der Waals surface area contributed by atoms with Crippen LogP contribution >= 0.6 is 0 Å². The van der Waals surface area contributed by atoms with Gasteiger partial charge in [-0.1, -0.05) is 12.1 Å². The molecular formula is C16H18FNO7. The second-order valence-electron chi connectivity index (χ2n) is 6.41. The van der Waals surface area contributed by atoms with E-state index in [2.05, 4.69) is 0 Å². The summed E-state index contributed by atoms with van der Waals surface area (Å²) in [6.07, 6.45) is -3.75. The fraction of sp³-hybridized carbons (Fsp3) is 0.500. The molecule has 136 valence electrons. The molecule has 0 amide bonds. The van der Waals surface area contributed by atoms with E-state index in [1.165, 1.54) is 24.3 Å². The molecule has 0 spiro atoms. The average molecular weight is 355 g/mol. The summed E-state index contributed by atoms with van der Waals surface area (Å²) in [7, 11) is 0. The van der Waals surface area contributed by atoms with Crippen LogP contribution < -0.4 is 5.73 Å². The summed E-state index contributed by atoms with van der Waals surface area (Å²) in [5.74, 6) is -3.41. The van der Waals surface area contributed by atoms with Crippen molar-refractivity contribution >= 4 is 17.6 Å². The summed E-state index contributed by atoms with van der Waals surface area (Å²) in [4.78, 5) is 23.3. The number of nitrogens with two attached hydrogens (primary N) is 1. The predicted octanol–water partition coefficient (Wildman–Crippen LogP) is -0.0238. The third-order valence-electron chi connectivity index (χ3n) is 4.67. The number of carboxylic acids is 2. The van der Waals surface area contributed by atoms with E-state index < -0.39 is 54.5 Å². The van der Waals surface area contributed by atoms with Crippen LogP contribution in [0, 0.1) is 0 Å². The first-order chi connectivity index (χ1) is 11.7. The number of alkyl halides is 1. The Balaban J connectivity index is 1.76. The molecule has 2 fully saturated rings. The normalized spacial score (nSPS) is 30.7. The van der Waals surface area contributed by atoms with Gasteiger partial charge in [0, 0.05) is 18.5 Å². The first-order valence-electron chi connectivity index (χ1n) is 7.66. The van der Waals surface area contributed by atoms with E-state index >= 15 is 0 Å². The Labute approximate surface area is 142 Å². The van der Waals surface area contributed by atoms with Crippen molar-refractivity contribution in [2.75, 3.05) is 12.3 Å². The minimum absolute atomic E-state index is 0.0686. The van der Waals surface area contributed by atoms with Gasteiger partial charge in [0.15, 0.2) is 5.67 Å². The van der Waals surface area contributed by atoms with Crippen molar-refractivity contribution in [2.45, 2.75) is 42.4 Å². The van der Waals surface area contributed by atoms with Crippen molar-refractivity contribution < 1.29 is 38.8 Å². The third-order valence-corrected chi connectivity index (χ3v) is 4.67. The van der Waals surface area contributed by atoms with E-state index in [4.69, 9.17) is 15.2 Å². The highest BCUT2D eigenvalue weighted by atomic mass is 19.1. The van der Waals surface area contributed by atoms with Gasteiger partial charge in [-0.05, 0) is 17.7 Å². The number of hydrogen-bond acceptors (Lipinski definition) is 6. The Morgan fingerprint density at radius 2 is 1.92 bits per heavy atom. The quantitative estimate of drug-likeness (QED) is 0.395. The van der Waals surface area contributed by atoms with Gasteiger partial charge in [0.1, 0.15) is 12.2 Å². The Bertz CT molecular complexity index is 680. The van der Waals surface area contributed by atoms with Crippen molar-refractivity contribution in [1.29, 1.82) is 0 Å². The molecule has 1 saturated carbocycles. The molecule has 0 radical (unpaired) electrons. The highest BCUT2D eigenvalue weighted by Gasteiger charge is 2.70. The molecule has 1 aliphatic carbocycles. The minimum Gasteiger partial charge on any atom is -0.479 e. The summed E-state index contributed by atoms with van der Waals surface area (Å²) < 4.78 is 24.4. The number of aliphatic hydroxyl groups excluding tert-OH is 1. The zero-order chi connectivity index (χ0) is 18.4. The van der Waals surface area contributed by atoms with Gasteiger partial charge in [-0.25, -0.2) is 14.0 Å². The minimum atomic E-state index is -2.59. The van der Waals surface area contributed by atoms with Crippen LogP contribution in [-0.4, -0.2) is 63.4 Å². The number of benzene rings is 1. The number of aliphatic hydroxyl groups is 1.